The van der Waals surface area contributed by atoms with Crippen LogP contribution in [0.1, 0.15) is 16.1 Å². The van der Waals surface area contributed by atoms with Crippen LogP contribution in [0, 0.1) is 12.8 Å². The molecule has 3 aromatic rings. The molecule has 4 rings (SSSR count). The Morgan fingerprint density at radius 3 is 2.56 bits per heavy atom. The topological polar surface area (TPSA) is 63.9 Å². The highest BCUT2D eigenvalue weighted by molar-refractivity contribution is 5.94. The van der Waals surface area contributed by atoms with Crippen molar-refractivity contribution in [2.45, 2.75) is 13.5 Å². The lowest BCUT2D eigenvalue weighted by Gasteiger charge is -2.39. The molecule has 6 nitrogen and oxygen atoms in total. The third kappa shape index (κ3) is 3.03. The minimum Gasteiger partial charge on any atom is -0.338 e. The van der Waals surface area contributed by atoms with E-state index in [1.807, 2.05) is 35.5 Å². The molecule has 0 radical (unpaired) electrons. The van der Waals surface area contributed by atoms with Gasteiger partial charge in [-0.15, -0.1) is 0 Å². The smallest absolute Gasteiger partial charge is 0.255 e. The Bertz CT molecular complexity index is 869. The number of aromatic nitrogens is 4. The lowest BCUT2D eigenvalue weighted by Crippen LogP contribution is -2.51. The highest BCUT2D eigenvalue weighted by atomic mass is 16.2. The first-order valence-electron chi connectivity index (χ1n) is 8.34. The maximum atomic E-state index is 12.4. The second-order valence-electron chi connectivity index (χ2n) is 6.39. The molecule has 3 aromatic heterocycles. The Kier molecular flexibility index (Phi) is 4.01. The van der Waals surface area contributed by atoms with Gasteiger partial charge in [-0.3, -0.25) is 14.8 Å². The van der Waals surface area contributed by atoms with Crippen molar-refractivity contribution < 1.29 is 4.79 Å². The van der Waals surface area contributed by atoms with Crippen molar-refractivity contribution >= 4 is 5.91 Å². The first-order valence-corrected chi connectivity index (χ1v) is 8.34. The summed E-state index contributed by atoms with van der Waals surface area (Å²) in [5.41, 5.74) is 2.78. The molecule has 1 amide bonds. The normalized spacial score (nSPS) is 14.4. The fraction of sp³-hybridized carbons (Fsp3) is 0.263. The molecular weight excluding hydrogens is 314 g/mol. The lowest BCUT2D eigenvalue weighted by molar-refractivity contribution is 0.0468. The Morgan fingerprint density at radius 2 is 1.88 bits per heavy atom. The second kappa shape index (κ2) is 6.47. The minimum atomic E-state index is 0.0548. The van der Waals surface area contributed by atoms with Crippen molar-refractivity contribution in [2.24, 2.45) is 5.92 Å². The van der Waals surface area contributed by atoms with Gasteiger partial charge in [-0.1, -0.05) is 0 Å². The van der Waals surface area contributed by atoms with E-state index in [0.29, 0.717) is 11.5 Å². The number of carbonyl (C=O) groups is 1. The molecule has 6 heteroatoms. The summed E-state index contributed by atoms with van der Waals surface area (Å²) in [6, 6.07) is 7.54. The van der Waals surface area contributed by atoms with Crippen LogP contribution >= 0.6 is 0 Å². The summed E-state index contributed by atoms with van der Waals surface area (Å²) in [6.45, 7) is 4.44. The summed E-state index contributed by atoms with van der Waals surface area (Å²) >= 11 is 0. The molecule has 0 N–H and O–H groups in total. The molecule has 4 heterocycles. The molecule has 0 aliphatic carbocycles. The predicted molar refractivity (Wildman–Crippen MR) is 93.8 cm³/mol. The quantitative estimate of drug-likeness (QED) is 0.735. The third-order valence-corrected chi connectivity index (χ3v) is 4.57. The zero-order valence-electron chi connectivity index (χ0n) is 14.0. The van der Waals surface area contributed by atoms with Gasteiger partial charge < -0.3 is 9.47 Å². The van der Waals surface area contributed by atoms with E-state index in [1.54, 1.807) is 24.7 Å². The van der Waals surface area contributed by atoms with Crippen LogP contribution in [0.2, 0.25) is 0 Å². The van der Waals surface area contributed by atoms with Crippen LogP contribution in [0.4, 0.5) is 0 Å². The molecule has 1 saturated heterocycles. The number of nitrogens with zero attached hydrogens (tertiary/aromatic N) is 5. The molecule has 0 spiro atoms. The molecule has 1 fully saturated rings. The van der Waals surface area contributed by atoms with Gasteiger partial charge in [0.2, 0.25) is 0 Å². The van der Waals surface area contributed by atoms with Crippen molar-refractivity contribution in [1.82, 2.24) is 24.4 Å². The predicted octanol–water partition coefficient (Wildman–Crippen LogP) is 2.42. The number of hydrogen-bond acceptors (Lipinski definition) is 4. The molecule has 0 unspecified atom stereocenters. The van der Waals surface area contributed by atoms with Crippen molar-refractivity contribution in [1.29, 1.82) is 0 Å². The van der Waals surface area contributed by atoms with Gasteiger partial charge in [-0.05, 0) is 31.2 Å². The van der Waals surface area contributed by atoms with E-state index in [1.165, 1.54) is 0 Å². The van der Waals surface area contributed by atoms with E-state index in [-0.39, 0.29) is 5.91 Å². The van der Waals surface area contributed by atoms with E-state index in [0.717, 1.165) is 36.7 Å². The maximum absolute atomic E-state index is 12.4. The third-order valence-electron chi connectivity index (χ3n) is 4.57. The van der Waals surface area contributed by atoms with Crippen LogP contribution in [0.25, 0.3) is 11.4 Å². The molecule has 0 saturated carbocycles. The summed E-state index contributed by atoms with van der Waals surface area (Å²) in [6.07, 6.45) is 8.78. The van der Waals surface area contributed by atoms with Gasteiger partial charge in [0.05, 0.1) is 5.56 Å². The molecule has 0 atom stereocenters. The fourth-order valence-corrected chi connectivity index (χ4v) is 3.20. The van der Waals surface area contributed by atoms with Gasteiger partial charge in [-0.25, -0.2) is 4.98 Å². The Balaban J connectivity index is 1.44. The Hall–Kier alpha value is -3.02. The zero-order chi connectivity index (χ0) is 17.2. The number of hydrogen-bond donors (Lipinski definition) is 0. The van der Waals surface area contributed by atoms with Gasteiger partial charge in [0.15, 0.2) is 0 Å². The molecule has 25 heavy (non-hydrogen) atoms. The minimum absolute atomic E-state index is 0.0548. The number of rotatable bonds is 4. The van der Waals surface area contributed by atoms with Crippen molar-refractivity contribution in [3.8, 4) is 11.4 Å². The number of aryl methyl sites for hydroxylation is 1. The van der Waals surface area contributed by atoms with Gasteiger partial charge >= 0.3 is 0 Å². The van der Waals surface area contributed by atoms with Crippen LogP contribution in [-0.2, 0) is 6.54 Å². The number of imidazole rings is 1. The molecule has 0 bridgehead atoms. The number of carbonyl (C=O) groups excluding carboxylic acids is 1. The standard InChI is InChI=1S/C19H19N5O/c1-14-8-22-18(16-4-2-6-20-9-16)24(14)13-15-11-23(12-15)19(25)17-5-3-7-21-10-17/h2-10,15H,11-13H2,1H3. The number of pyridine rings is 2. The molecular formula is C19H19N5O. The van der Waals surface area contributed by atoms with E-state index in [9.17, 15) is 4.79 Å². The molecule has 1 aliphatic heterocycles. The highest BCUT2D eigenvalue weighted by Crippen LogP contribution is 2.25. The monoisotopic (exact) mass is 333 g/mol. The summed E-state index contributed by atoms with van der Waals surface area (Å²) in [5.74, 6) is 1.42. The van der Waals surface area contributed by atoms with Crippen molar-refractivity contribution in [2.75, 3.05) is 13.1 Å². The average molecular weight is 333 g/mol. The van der Waals surface area contributed by atoms with E-state index in [2.05, 4.69) is 26.4 Å². The van der Waals surface area contributed by atoms with Gasteiger partial charge in [-0.2, -0.15) is 0 Å². The van der Waals surface area contributed by atoms with Crippen LogP contribution < -0.4 is 0 Å². The largest absolute Gasteiger partial charge is 0.338 e. The Morgan fingerprint density at radius 1 is 1.12 bits per heavy atom. The van der Waals surface area contributed by atoms with Crippen LogP contribution in [-0.4, -0.2) is 43.4 Å². The first-order chi connectivity index (χ1) is 12.2. The number of amides is 1. The Labute approximate surface area is 146 Å². The van der Waals surface area contributed by atoms with E-state index < -0.39 is 0 Å². The maximum Gasteiger partial charge on any atom is 0.255 e. The van der Waals surface area contributed by atoms with Crippen LogP contribution in [0.15, 0.2) is 55.2 Å². The van der Waals surface area contributed by atoms with Crippen LogP contribution in [0.5, 0.6) is 0 Å². The SMILES string of the molecule is Cc1cnc(-c2cccnc2)n1CC1CN(C(=O)c2cccnc2)C1. The van der Waals surface area contributed by atoms with Crippen LogP contribution in [0.3, 0.4) is 0 Å². The summed E-state index contributed by atoms with van der Waals surface area (Å²) < 4.78 is 2.22. The van der Waals surface area contributed by atoms with Crippen molar-refractivity contribution in [3.63, 3.8) is 0 Å². The lowest BCUT2D eigenvalue weighted by atomic mass is 9.98. The first kappa shape index (κ1) is 15.5. The fourth-order valence-electron chi connectivity index (χ4n) is 3.20. The highest BCUT2D eigenvalue weighted by Gasteiger charge is 2.32. The van der Waals surface area contributed by atoms with E-state index >= 15 is 0 Å². The average Bonchev–Trinajstić information content (AvgIpc) is 2.99. The summed E-state index contributed by atoms with van der Waals surface area (Å²) in [5, 5.41) is 0. The number of likely N-dealkylation sites (tertiary alicyclic amines) is 1. The summed E-state index contributed by atoms with van der Waals surface area (Å²) in [4.78, 5) is 27.0. The molecule has 1 aliphatic rings. The van der Waals surface area contributed by atoms with Gasteiger partial charge in [0.25, 0.3) is 5.91 Å². The summed E-state index contributed by atoms with van der Waals surface area (Å²) in [7, 11) is 0. The van der Waals surface area contributed by atoms with Gasteiger partial charge in [0.1, 0.15) is 5.82 Å². The van der Waals surface area contributed by atoms with E-state index in [4.69, 9.17) is 0 Å². The second-order valence-corrected chi connectivity index (χ2v) is 6.39. The molecule has 126 valence electrons. The van der Waals surface area contributed by atoms with Crippen molar-refractivity contribution in [3.05, 3.63) is 66.5 Å². The molecule has 0 aromatic carbocycles. The van der Waals surface area contributed by atoms with Gasteiger partial charge in [0, 0.05) is 67.8 Å². The zero-order valence-corrected chi connectivity index (χ0v) is 14.0.